The Morgan fingerprint density at radius 3 is 2.06 bits per heavy atom. The molecule has 0 aromatic heterocycles. The molecule has 5 heteroatoms. The van der Waals surface area contributed by atoms with Crippen molar-refractivity contribution in [3.8, 4) is 0 Å². The summed E-state index contributed by atoms with van der Waals surface area (Å²) in [7, 11) is 0. The number of rotatable bonds is 3. The van der Waals surface area contributed by atoms with Gasteiger partial charge in [0.25, 0.3) is 0 Å². The molecule has 1 aliphatic heterocycles. The van der Waals surface area contributed by atoms with Gasteiger partial charge < -0.3 is 14.2 Å². The van der Waals surface area contributed by atoms with Crippen molar-refractivity contribution in [1.82, 2.24) is 0 Å². The fourth-order valence-corrected chi connectivity index (χ4v) is 2.44. The standard InChI is InChI=1S/C13H22O5/c1-6-11-7(2)12(16-9(4)14)8(3)13(18-11)17-10(5)15/h7-8,11-13H,6H2,1-5H3/t7-,8+,11+,12-,13+/m0/s1. The molecule has 0 aromatic carbocycles. The monoisotopic (exact) mass is 258 g/mol. The third kappa shape index (κ3) is 3.45. The lowest BCUT2D eigenvalue weighted by molar-refractivity contribution is -0.257. The number of carbonyl (C=O) groups is 2. The van der Waals surface area contributed by atoms with Crippen molar-refractivity contribution in [2.45, 2.75) is 59.5 Å². The van der Waals surface area contributed by atoms with Crippen LogP contribution < -0.4 is 0 Å². The van der Waals surface area contributed by atoms with Crippen LogP contribution in [-0.4, -0.2) is 30.4 Å². The van der Waals surface area contributed by atoms with E-state index in [2.05, 4.69) is 0 Å². The van der Waals surface area contributed by atoms with Crippen LogP contribution in [-0.2, 0) is 23.8 Å². The summed E-state index contributed by atoms with van der Waals surface area (Å²) >= 11 is 0. The van der Waals surface area contributed by atoms with E-state index < -0.39 is 12.3 Å². The van der Waals surface area contributed by atoms with Crippen LogP contribution in [0.15, 0.2) is 0 Å². The lowest BCUT2D eigenvalue weighted by atomic mass is 9.84. The van der Waals surface area contributed by atoms with Gasteiger partial charge in [0.05, 0.1) is 12.0 Å². The Kier molecular flexibility index (Phi) is 5.14. The molecule has 5 nitrogen and oxygen atoms in total. The minimum absolute atomic E-state index is 0.0742. The van der Waals surface area contributed by atoms with Gasteiger partial charge in [0.1, 0.15) is 6.10 Å². The third-order valence-corrected chi connectivity index (χ3v) is 3.35. The first-order valence-corrected chi connectivity index (χ1v) is 6.36. The fraction of sp³-hybridized carbons (Fsp3) is 0.846. The fourth-order valence-electron chi connectivity index (χ4n) is 2.44. The summed E-state index contributed by atoms with van der Waals surface area (Å²) in [6.45, 7) is 8.57. The first-order valence-electron chi connectivity index (χ1n) is 6.36. The lowest BCUT2D eigenvalue weighted by Crippen LogP contribution is -2.51. The average molecular weight is 258 g/mol. The highest BCUT2D eigenvalue weighted by Crippen LogP contribution is 2.34. The summed E-state index contributed by atoms with van der Waals surface area (Å²) in [5, 5.41) is 0. The molecule has 104 valence electrons. The molecule has 0 amide bonds. The second kappa shape index (κ2) is 6.18. The van der Waals surface area contributed by atoms with Gasteiger partial charge in [0, 0.05) is 19.8 Å². The van der Waals surface area contributed by atoms with E-state index in [1.165, 1.54) is 13.8 Å². The second-order valence-electron chi connectivity index (χ2n) is 4.85. The number of ether oxygens (including phenoxy) is 3. The van der Waals surface area contributed by atoms with Crippen molar-refractivity contribution >= 4 is 11.9 Å². The minimum atomic E-state index is -0.645. The van der Waals surface area contributed by atoms with Crippen molar-refractivity contribution in [2.75, 3.05) is 0 Å². The van der Waals surface area contributed by atoms with Crippen LogP contribution in [0.3, 0.4) is 0 Å². The molecule has 1 aliphatic rings. The van der Waals surface area contributed by atoms with Crippen LogP contribution >= 0.6 is 0 Å². The molecule has 18 heavy (non-hydrogen) atoms. The normalized spacial score (nSPS) is 35.9. The highest BCUT2D eigenvalue weighted by molar-refractivity contribution is 5.66. The van der Waals surface area contributed by atoms with Crippen LogP contribution in [0.1, 0.15) is 41.0 Å². The van der Waals surface area contributed by atoms with Crippen molar-refractivity contribution < 1.29 is 23.8 Å². The van der Waals surface area contributed by atoms with Gasteiger partial charge in [-0.3, -0.25) is 9.59 Å². The molecule has 0 radical (unpaired) electrons. The van der Waals surface area contributed by atoms with Crippen molar-refractivity contribution in [1.29, 1.82) is 0 Å². The van der Waals surface area contributed by atoms with Crippen LogP contribution in [0.25, 0.3) is 0 Å². The average Bonchev–Trinajstić information content (AvgIpc) is 2.27. The molecule has 0 bridgehead atoms. The summed E-state index contributed by atoms with van der Waals surface area (Å²) in [6.07, 6.45) is -0.225. The molecule has 0 unspecified atom stereocenters. The Hall–Kier alpha value is -1.10. The third-order valence-electron chi connectivity index (χ3n) is 3.35. The maximum absolute atomic E-state index is 11.2. The van der Waals surface area contributed by atoms with E-state index in [1.54, 1.807) is 0 Å². The summed E-state index contributed by atoms with van der Waals surface area (Å²) in [6, 6.07) is 0. The summed E-state index contributed by atoms with van der Waals surface area (Å²) in [5.74, 6) is -0.800. The summed E-state index contributed by atoms with van der Waals surface area (Å²) in [5.41, 5.74) is 0. The highest BCUT2D eigenvalue weighted by Gasteiger charge is 2.44. The summed E-state index contributed by atoms with van der Waals surface area (Å²) in [4.78, 5) is 22.2. The van der Waals surface area contributed by atoms with E-state index in [0.717, 1.165) is 6.42 Å². The first-order chi connectivity index (χ1) is 8.36. The van der Waals surface area contributed by atoms with E-state index in [9.17, 15) is 9.59 Å². The van der Waals surface area contributed by atoms with Crippen LogP contribution in [0.5, 0.6) is 0 Å². The Balaban J connectivity index is 2.84. The van der Waals surface area contributed by atoms with E-state index in [0.29, 0.717) is 0 Å². The van der Waals surface area contributed by atoms with E-state index >= 15 is 0 Å². The first kappa shape index (κ1) is 15.0. The Bertz CT molecular complexity index is 315. The summed E-state index contributed by atoms with van der Waals surface area (Å²) < 4.78 is 16.2. The molecule has 0 aromatic rings. The van der Waals surface area contributed by atoms with E-state index in [-0.39, 0.29) is 30.0 Å². The lowest BCUT2D eigenvalue weighted by Gasteiger charge is -2.43. The largest absolute Gasteiger partial charge is 0.462 e. The highest BCUT2D eigenvalue weighted by atomic mass is 16.7. The van der Waals surface area contributed by atoms with Crippen LogP contribution in [0.2, 0.25) is 0 Å². The van der Waals surface area contributed by atoms with Gasteiger partial charge in [-0.2, -0.15) is 0 Å². The number of hydrogen-bond donors (Lipinski definition) is 0. The molecule has 1 fully saturated rings. The molecular formula is C13H22O5. The Morgan fingerprint density at radius 2 is 1.61 bits per heavy atom. The second-order valence-corrected chi connectivity index (χ2v) is 4.85. The molecule has 0 aliphatic carbocycles. The predicted molar refractivity (Wildman–Crippen MR) is 64.6 cm³/mol. The predicted octanol–water partition coefficient (Wildman–Crippen LogP) is 1.89. The zero-order valence-electron chi connectivity index (χ0n) is 11.6. The maximum atomic E-state index is 11.2. The SMILES string of the molecule is CC[C@H]1O[C@@H](OC(C)=O)[C@H](C)[C@@H](OC(C)=O)[C@H]1C. The van der Waals surface area contributed by atoms with Crippen molar-refractivity contribution in [3.63, 3.8) is 0 Å². The van der Waals surface area contributed by atoms with Gasteiger partial charge in [0.15, 0.2) is 0 Å². The number of carbonyl (C=O) groups excluding carboxylic acids is 2. The molecule has 1 saturated heterocycles. The van der Waals surface area contributed by atoms with Gasteiger partial charge in [-0.25, -0.2) is 0 Å². The molecule has 0 N–H and O–H groups in total. The van der Waals surface area contributed by atoms with Gasteiger partial charge in [-0.1, -0.05) is 20.8 Å². The molecule has 1 rings (SSSR count). The maximum Gasteiger partial charge on any atom is 0.304 e. The van der Waals surface area contributed by atoms with Gasteiger partial charge in [-0.05, 0) is 6.42 Å². The van der Waals surface area contributed by atoms with E-state index in [1.807, 2.05) is 20.8 Å². The zero-order valence-corrected chi connectivity index (χ0v) is 11.6. The molecule has 0 spiro atoms. The van der Waals surface area contributed by atoms with Crippen LogP contribution in [0, 0.1) is 11.8 Å². The van der Waals surface area contributed by atoms with E-state index in [4.69, 9.17) is 14.2 Å². The zero-order chi connectivity index (χ0) is 13.9. The molecule has 0 saturated carbocycles. The van der Waals surface area contributed by atoms with Gasteiger partial charge in [0.2, 0.25) is 6.29 Å². The van der Waals surface area contributed by atoms with Crippen LogP contribution in [0.4, 0.5) is 0 Å². The van der Waals surface area contributed by atoms with Gasteiger partial charge >= 0.3 is 11.9 Å². The van der Waals surface area contributed by atoms with Gasteiger partial charge in [-0.15, -0.1) is 0 Å². The quantitative estimate of drug-likeness (QED) is 0.723. The Morgan fingerprint density at radius 1 is 1.06 bits per heavy atom. The minimum Gasteiger partial charge on any atom is -0.462 e. The Labute approximate surface area is 108 Å². The molecular weight excluding hydrogens is 236 g/mol. The number of esters is 2. The topological polar surface area (TPSA) is 61.8 Å². The number of hydrogen-bond acceptors (Lipinski definition) is 5. The van der Waals surface area contributed by atoms with Crippen molar-refractivity contribution in [3.05, 3.63) is 0 Å². The molecule has 1 heterocycles. The molecule has 5 atom stereocenters. The van der Waals surface area contributed by atoms with Crippen molar-refractivity contribution in [2.24, 2.45) is 11.8 Å². The smallest absolute Gasteiger partial charge is 0.304 e.